The fourth-order valence-corrected chi connectivity index (χ4v) is 6.44. The van der Waals surface area contributed by atoms with Crippen molar-refractivity contribution in [2.75, 3.05) is 33.0 Å². The molecule has 0 amide bonds. The molecule has 0 rings (SSSR count). The van der Waals surface area contributed by atoms with Gasteiger partial charge >= 0.3 is 13.8 Å². The molecule has 0 aromatic rings. The Balaban J connectivity index is 4.20. The highest BCUT2D eigenvalue weighted by Crippen LogP contribution is 2.43. The molecular formula is C44H81O9P. The van der Waals surface area contributed by atoms with E-state index in [1.807, 2.05) is 0 Å². The molecule has 0 aliphatic carbocycles. The second-order valence-corrected chi connectivity index (χ2v) is 15.8. The van der Waals surface area contributed by atoms with Crippen LogP contribution < -0.4 is 0 Å². The zero-order valence-electron chi connectivity index (χ0n) is 34.4. The van der Waals surface area contributed by atoms with E-state index >= 15 is 0 Å². The van der Waals surface area contributed by atoms with Gasteiger partial charge in [0.2, 0.25) is 0 Å². The number of carbonyl (C=O) groups excluding carboxylic acids is 1. The van der Waals surface area contributed by atoms with Gasteiger partial charge in [0.25, 0.3) is 0 Å². The number of carbonyl (C=O) groups is 1. The van der Waals surface area contributed by atoms with Crippen LogP contribution in [0.4, 0.5) is 0 Å². The minimum absolute atomic E-state index is 0.0386. The second-order valence-electron chi connectivity index (χ2n) is 14.4. The van der Waals surface area contributed by atoms with Crippen LogP contribution in [0.25, 0.3) is 0 Å². The molecule has 316 valence electrons. The molecule has 0 aromatic heterocycles. The first-order valence-corrected chi connectivity index (χ1v) is 23.1. The van der Waals surface area contributed by atoms with Crippen LogP contribution in [0.3, 0.4) is 0 Å². The third kappa shape index (κ3) is 40.1. The maximum Gasteiger partial charge on any atom is 0.472 e. The van der Waals surface area contributed by atoms with E-state index in [0.29, 0.717) is 13.0 Å². The van der Waals surface area contributed by atoms with Gasteiger partial charge in [-0.2, -0.15) is 0 Å². The summed E-state index contributed by atoms with van der Waals surface area (Å²) < 4.78 is 33.3. The molecular weight excluding hydrogens is 703 g/mol. The molecule has 0 spiro atoms. The Labute approximate surface area is 330 Å². The lowest BCUT2D eigenvalue weighted by atomic mass is 10.1. The average Bonchev–Trinajstić information content (AvgIpc) is 3.16. The molecule has 3 N–H and O–H groups in total. The van der Waals surface area contributed by atoms with Gasteiger partial charge in [-0.15, -0.1) is 0 Å². The van der Waals surface area contributed by atoms with Crippen molar-refractivity contribution >= 4 is 13.8 Å². The van der Waals surface area contributed by atoms with Crippen LogP contribution in [-0.4, -0.2) is 66.3 Å². The summed E-state index contributed by atoms with van der Waals surface area (Å²) in [6.07, 6.45) is 44.9. The zero-order valence-corrected chi connectivity index (χ0v) is 35.3. The van der Waals surface area contributed by atoms with E-state index in [4.69, 9.17) is 23.6 Å². The molecule has 10 heteroatoms. The van der Waals surface area contributed by atoms with Gasteiger partial charge in [-0.05, 0) is 77.0 Å². The molecule has 0 aliphatic heterocycles. The molecule has 0 fully saturated rings. The Morgan fingerprint density at radius 3 is 1.48 bits per heavy atom. The maximum atomic E-state index is 12.6. The van der Waals surface area contributed by atoms with Gasteiger partial charge in [-0.25, -0.2) is 4.57 Å². The normalized spacial score (nSPS) is 14.5. The summed E-state index contributed by atoms with van der Waals surface area (Å²) >= 11 is 0. The van der Waals surface area contributed by atoms with Crippen molar-refractivity contribution in [3.63, 3.8) is 0 Å². The van der Waals surface area contributed by atoms with Gasteiger partial charge in [-0.1, -0.05) is 146 Å². The van der Waals surface area contributed by atoms with Crippen molar-refractivity contribution in [1.29, 1.82) is 0 Å². The van der Waals surface area contributed by atoms with Gasteiger partial charge < -0.3 is 24.6 Å². The summed E-state index contributed by atoms with van der Waals surface area (Å²) in [6, 6.07) is 0. The highest BCUT2D eigenvalue weighted by atomic mass is 31.2. The fraction of sp³-hybridized carbons (Fsp3) is 0.795. The molecule has 9 nitrogen and oxygen atoms in total. The molecule has 0 saturated heterocycles. The van der Waals surface area contributed by atoms with Crippen molar-refractivity contribution in [1.82, 2.24) is 0 Å². The number of hydrogen-bond donors (Lipinski definition) is 3. The smallest absolute Gasteiger partial charge is 0.457 e. The first-order chi connectivity index (χ1) is 26.3. The summed E-state index contributed by atoms with van der Waals surface area (Å²) in [5.74, 6) is -0.399. The Morgan fingerprint density at radius 1 is 0.574 bits per heavy atom. The summed E-state index contributed by atoms with van der Waals surface area (Å²) in [5.41, 5.74) is 0. The Morgan fingerprint density at radius 2 is 1.00 bits per heavy atom. The highest BCUT2D eigenvalue weighted by Gasteiger charge is 2.26. The van der Waals surface area contributed by atoms with E-state index in [9.17, 15) is 19.4 Å². The van der Waals surface area contributed by atoms with E-state index in [-0.39, 0.29) is 19.6 Å². The molecule has 0 heterocycles. The topological polar surface area (TPSA) is 132 Å². The predicted molar refractivity (Wildman–Crippen MR) is 223 cm³/mol. The van der Waals surface area contributed by atoms with Crippen LogP contribution >= 0.6 is 7.82 Å². The summed E-state index contributed by atoms with van der Waals surface area (Å²) in [6.45, 7) is 3.43. The molecule has 0 bridgehead atoms. The summed E-state index contributed by atoms with van der Waals surface area (Å²) in [5, 5.41) is 18.3. The van der Waals surface area contributed by atoms with E-state index in [0.717, 1.165) is 70.6 Å². The van der Waals surface area contributed by atoms with Gasteiger partial charge in [0.1, 0.15) is 12.2 Å². The van der Waals surface area contributed by atoms with E-state index in [2.05, 4.69) is 62.5 Å². The van der Waals surface area contributed by atoms with Crippen LogP contribution in [0.15, 0.2) is 48.6 Å². The van der Waals surface area contributed by atoms with Gasteiger partial charge in [0.05, 0.1) is 26.4 Å². The molecule has 0 aliphatic rings. The van der Waals surface area contributed by atoms with Gasteiger partial charge in [0, 0.05) is 13.0 Å². The van der Waals surface area contributed by atoms with Crippen molar-refractivity contribution < 1.29 is 43.0 Å². The number of allylic oxidation sites excluding steroid dienone is 8. The number of aliphatic hydroxyl groups excluding tert-OH is 2. The lowest BCUT2D eigenvalue weighted by molar-refractivity contribution is -0.154. The molecule has 0 aromatic carbocycles. The third-order valence-electron chi connectivity index (χ3n) is 8.99. The predicted octanol–water partition coefficient (Wildman–Crippen LogP) is 11.8. The van der Waals surface area contributed by atoms with Crippen molar-refractivity contribution in [2.24, 2.45) is 0 Å². The van der Waals surface area contributed by atoms with Crippen LogP contribution in [0.5, 0.6) is 0 Å². The minimum Gasteiger partial charge on any atom is -0.457 e. The number of rotatable bonds is 41. The zero-order chi connectivity index (χ0) is 39.6. The largest absolute Gasteiger partial charge is 0.472 e. The number of ether oxygens (including phenoxy) is 2. The molecule has 3 unspecified atom stereocenters. The van der Waals surface area contributed by atoms with Crippen LogP contribution in [0.2, 0.25) is 0 Å². The molecule has 0 radical (unpaired) electrons. The second kappa shape index (κ2) is 41.1. The first kappa shape index (κ1) is 52.4. The van der Waals surface area contributed by atoms with Gasteiger partial charge in [0.15, 0.2) is 0 Å². The Bertz CT molecular complexity index is 981. The standard InChI is InChI=1S/C44H81O9P/c1-3-5-7-9-11-13-15-17-19-20-21-23-25-27-29-31-33-35-37-50-40-43(41-52-54(48,49)51-39-42(46)38-45)53-44(47)36-34-32-30-28-26-24-22-18-16-14-12-10-8-6-4-2/h11-14,17-19,22,42-43,45-46H,3-10,15-16,20-21,23-41H2,1-2H3,(H,48,49)/b13-11-,14-12-,19-17-,22-18-. The average molecular weight is 785 g/mol. The van der Waals surface area contributed by atoms with Crippen LogP contribution in [-0.2, 0) is 27.9 Å². The quantitative estimate of drug-likeness (QED) is 0.0240. The monoisotopic (exact) mass is 785 g/mol. The van der Waals surface area contributed by atoms with Crippen LogP contribution in [0, 0.1) is 0 Å². The lowest BCUT2D eigenvalue weighted by Crippen LogP contribution is -2.29. The van der Waals surface area contributed by atoms with E-state index in [1.54, 1.807) is 0 Å². The first-order valence-electron chi connectivity index (χ1n) is 21.6. The van der Waals surface area contributed by atoms with Crippen molar-refractivity contribution in [3.05, 3.63) is 48.6 Å². The van der Waals surface area contributed by atoms with Gasteiger partial charge in [-0.3, -0.25) is 13.8 Å². The lowest BCUT2D eigenvalue weighted by Gasteiger charge is -2.20. The number of phosphoric ester groups is 1. The number of esters is 1. The Hall–Kier alpha value is -1.58. The number of hydrogen-bond acceptors (Lipinski definition) is 8. The Kier molecular flexibility index (Phi) is 39.9. The van der Waals surface area contributed by atoms with Crippen LogP contribution in [0.1, 0.15) is 181 Å². The highest BCUT2D eigenvalue weighted by molar-refractivity contribution is 7.47. The SMILES string of the molecule is CCCCC/C=C\C/C=C\CCCCCCCCCCOCC(COP(=O)(O)OCC(O)CO)OC(=O)CCCCCCC/C=C\C/C=C\CCCCC. The number of aliphatic hydroxyl groups is 2. The van der Waals surface area contributed by atoms with E-state index < -0.39 is 39.2 Å². The van der Waals surface area contributed by atoms with E-state index in [1.165, 1.54) is 83.5 Å². The molecule has 3 atom stereocenters. The van der Waals surface area contributed by atoms with Crippen molar-refractivity contribution in [2.45, 2.75) is 193 Å². The maximum absolute atomic E-state index is 12.6. The third-order valence-corrected chi connectivity index (χ3v) is 9.94. The minimum atomic E-state index is -4.52. The summed E-state index contributed by atoms with van der Waals surface area (Å²) in [4.78, 5) is 22.6. The van der Waals surface area contributed by atoms with Crippen molar-refractivity contribution in [3.8, 4) is 0 Å². The number of phosphoric acid groups is 1. The number of unbranched alkanes of at least 4 members (excludes halogenated alkanes) is 19. The molecule has 54 heavy (non-hydrogen) atoms. The molecule has 0 saturated carbocycles. The summed E-state index contributed by atoms with van der Waals surface area (Å²) in [7, 11) is -4.52. The fourth-order valence-electron chi connectivity index (χ4n) is 5.65.